The Balaban J connectivity index is 1.63. The summed E-state index contributed by atoms with van der Waals surface area (Å²) in [5.74, 6) is 1.39. The summed E-state index contributed by atoms with van der Waals surface area (Å²) in [6.45, 7) is 6.07. The largest absolute Gasteiger partial charge is 0.456 e. The number of benzene rings is 2. The van der Waals surface area contributed by atoms with E-state index >= 15 is 0 Å². The highest BCUT2D eigenvalue weighted by Gasteiger charge is 2.16. The monoisotopic (exact) mass is 444 g/mol. The van der Waals surface area contributed by atoms with Crippen molar-refractivity contribution in [3.8, 4) is 17.4 Å². The van der Waals surface area contributed by atoms with Gasteiger partial charge in [-0.2, -0.15) is 5.26 Å². The highest BCUT2D eigenvalue weighted by molar-refractivity contribution is 7.85. The zero-order valence-electron chi connectivity index (χ0n) is 18.7. The van der Waals surface area contributed by atoms with Crippen molar-refractivity contribution in [2.45, 2.75) is 6.92 Å². The van der Waals surface area contributed by atoms with Crippen LogP contribution in [0.2, 0.25) is 0 Å². The fraction of sp³-hybridized carbons (Fsp3) is 0.269. The Morgan fingerprint density at radius 1 is 1.06 bits per heavy atom. The molecule has 0 saturated carbocycles. The van der Waals surface area contributed by atoms with E-state index < -0.39 is 0 Å². The van der Waals surface area contributed by atoms with Gasteiger partial charge in [0.25, 0.3) is 0 Å². The number of nitrogens with one attached hydrogen (secondary N) is 1. The standard InChI is InChI=1S/C26H28N4OS/c1-18(16-27)26(25(32)17-28-2)24-9-8-23(31-24)21-5-4-20-15-22(7-6-19(20)14-21)30-12-10-29(3)11-13-30/h4-9,14-15,17,28,32H,10-13H2,1-3H3/b25-17+,26-18+. The molecule has 1 aromatic heterocycles. The van der Waals surface area contributed by atoms with Crippen molar-refractivity contribution in [1.29, 1.82) is 5.26 Å². The number of anilines is 1. The van der Waals surface area contributed by atoms with Crippen LogP contribution in [0, 0.1) is 11.3 Å². The van der Waals surface area contributed by atoms with Crippen molar-refractivity contribution in [2.75, 3.05) is 45.2 Å². The van der Waals surface area contributed by atoms with E-state index in [2.05, 4.69) is 77.3 Å². The number of likely N-dealkylation sites (N-methyl/N-ethyl adjacent to an activating group) is 1. The van der Waals surface area contributed by atoms with Gasteiger partial charge in [0, 0.05) is 66.7 Å². The van der Waals surface area contributed by atoms with Crippen molar-refractivity contribution >= 4 is 34.7 Å². The van der Waals surface area contributed by atoms with Crippen LogP contribution in [0.1, 0.15) is 12.7 Å². The number of rotatable bonds is 5. The Hall–Kier alpha value is -3.14. The van der Waals surface area contributed by atoms with Crippen LogP contribution in [0.5, 0.6) is 0 Å². The van der Waals surface area contributed by atoms with Crippen LogP contribution in [-0.4, -0.2) is 45.2 Å². The van der Waals surface area contributed by atoms with E-state index in [1.807, 2.05) is 12.1 Å². The second-order valence-corrected chi connectivity index (χ2v) is 8.61. The van der Waals surface area contributed by atoms with Crippen LogP contribution >= 0.6 is 12.6 Å². The molecule has 1 aliphatic rings. The van der Waals surface area contributed by atoms with E-state index in [1.165, 1.54) is 16.5 Å². The lowest BCUT2D eigenvalue weighted by Gasteiger charge is -2.34. The average molecular weight is 445 g/mol. The highest BCUT2D eigenvalue weighted by Crippen LogP contribution is 2.34. The first-order valence-corrected chi connectivity index (χ1v) is 11.2. The lowest BCUT2D eigenvalue weighted by atomic mass is 10.0. The molecule has 1 aliphatic heterocycles. The molecule has 2 heterocycles. The summed E-state index contributed by atoms with van der Waals surface area (Å²) in [5.41, 5.74) is 3.52. The lowest BCUT2D eigenvalue weighted by molar-refractivity contribution is 0.313. The van der Waals surface area contributed by atoms with Crippen molar-refractivity contribution in [3.63, 3.8) is 0 Å². The number of piperazine rings is 1. The van der Waals surface area contributed by atoms with Crippen molar-refractivity contribution in [2.24, 2.45) is 0 Å². The molecule has 0 unspecified atom stereocenters. The third kappa shape index (κ3) is 4.55. The van der Waals surface area contributed by atoms with Gasteiger partial charge in [0.2, 0.25) is 0 Å². The van der Waals surface area contributed by atoms with Gasteiger partial charge in [-0.1, -0.05) is 18.2 Å². The minimum Gasteiger partial charge on any atom is -0.456 e. The fourth-order valence-electron chi connectivity index (χ4n) is 4.04. The molecule has 3 aromatic rings. The second-order valence-electron chi connectivity index (χ2n) is 8.13. The van der Waals surface area contributed by atoms with Crippen LogP contribution in [-0.2, 0) is 0 Å². The first-order valence-electron chi connectivity index (χ1n) is 10.8. The molecule has 2 aromatic carbocycles. The van der Waals surface area contributed by atoms with E-state index in [0.717, 1.165) is 37.5 Å². The summed E-state index contributed by atoms with van der Waals surface area (Å²) >= 11 is 4.54. The summed E-state index contributed by atoms with van der Waals surface area (Å²) in [5, 5.41) is 14.8. The summed E-state index contributed by atoms with van der Waals surface area (Å²) in [7, 11) is 3.97. The number of hydrogen-bond donors (Lipinski definition) is 2. The maximum atomic E-state index is 9.42. The molecule has 1 fully saturated rings. The van der Waals surface area contributed by atoms with Gasteiger partial charge in [-0.25, -0.2) is 0 Å². The molecule has 0 bridgehead atoms. The Morgan fingerprint density at radius 3 is 2.50 bits per heavy atom. The van der Waals surface area contributed by atoms with Gasteiger partial charge >= 0.3 is 0 Å². The molecule has 0 atom stereocenters. The molecule has 5 nitrogen and oxygen atoms in total. The van der Waals surface area contributed by atoms with Crippen LogP contribution in [0.3, 0.4) is 0 Å². The van der Waals surface area contributed by atoms with E-state index in [1.54, 1.807) is 20.2 Å². The molecular weight excluding hydrogens is 416 g/mol. The smallest absolute Gasteiger partial charge is 0.136 e. The minimum atomic E-state index is 0.553. The van der Waals surface area contributed by atoms with Crippen LogP contribution in [0.15, 0.2) is 69.6 Å². The summed E-state index contributed by atoms with van der Waals surface area (Å²) < 4.78 is 6.16. The normalized spacial score (nSPS) is 16.1. The Labute approximate surface area is 195 Å². The van der Waals surface area contributed by atoms with E-state index in [-0.39, 0.29) is 0 Å². The third-order valence-electron chi connectivity index (χ3n) is 5.91. The first-order chi connectivity index (χ1) is 15.5. The maximum Gasteiger partial charge on any atom is 0.136 e. The first kappa shape index (κ1) is 22.1. The fourth-order valence-corrected chi connectivity index (χ4v) is 4.45. The molecule has 1 N–H and O–H groups in total. The molecular formula is C26H28N4OS. The molecule has 4 rings (SSSR count). The van der Waals surface area contributed by atoms with Gasteiger partial charge in [0.1, 0.15) is 11.5 Å². The van der Waals surface area contributed by atoms with Crippen molar-refractivity contribution < 1.29 is 4.42 Å². The van der Waals surface area contributed by atoms with Crippen molar-refractivity contribution in [1.82, 2.24) is 10.2 Å². The van der Waals surface area contributed by atoms with Gasteiger partial charge in [0.05, 0.1) is 6.07 Å². The molecule has 0 spiro atoms. The van der Waals surface area contributed by atoms with Gasteiger partial charge in [0.15, 0.2) is 0 Å². The summed E-state index contributed by atoms with van der Waals surface area (Å²) in [4.78, 5) is 5.47. The van der Waals surface area contributed by atoms with Gasteiger partial charge in [-0.15, -0.1) is 12.6 Å². The molecule has 1 saturated heterocycles. The summed E-state index contributed by atoms with van der Waals surface area (Å²) in [6.07, 6.45) is 1.75. The zero-order chi connectivity index (χ0) is 22.7. The number of thiol groups is 1. The zero-order valence-corrected chi connectivity index (χ0v) is 19.6. The van der Waals surface area contributed by atoms with Crippen LogP contribution in [0.4, 0.5) is 5.69 Å². The van der Waals surface area contributed by atoms with Crippen LogP contribution < -0.4 is 10.2 Å². The molecule has 6 heteroatoms. The number of hydrogen-bond acceptors (Lipinski definition) is 6. The third-order valence-corrected chi connectivity index (χ3v) is 6.26. The molecule has 0 aliphatic carbocycles. The Kier molecular flexibility index (Phi) is 6.59. The topological polar surface area (TPSA) is 55.4 Å². The molecule has 0 radical (unpaired) electrons. The molecule has 164 valence electrons. The van der Waals surface area contributed by atoms with E-state index in [9.17, 15) is 5.26 Å². The van der Waals surface area contributed by atoms with Crippen LogP contribution in [0.25, 0.3) is 27.7 Å². The number of nitrogens with zero attached hydrogens (tertiary/aromatic N) is 3. The van der Waals surface area contributed by atoms with Gasteiger partial charge in [-0.05, 0) is 55.1 Å². The van der Waals surface area contributed by atoms with E-state index in [0.29, 0.717) is 21.8 Å². The molecule has 32 heavy (non-hydrogen) atoms. The number of furan rings is 1. The predicted molar refractivity (Wildman–Crippen MR) is 136 cm³/mol. The maximum absolute atomic E-state index is 9.42. The summed E-state index contributed by atoms with van der Waals surface area (Å²) in [6, 6.07) is 19.1. The van der Waals surface area contributed by atoms with Gasteiger partial charge in [-0.3, -0.25) is 0 Å². The number of fused-ring (bicyclic) bond motifs is 1. The second kappa shape index (κ2) is 9.56. The Morgan fingerprint density at radius 2 is 1.78 bits per heavy atom. The quantitative estimate of drug-likeness (QED) is 0.324. The Bertz CT molecular complexity index is 1230. The van der Waals surface area contributed by atoms with E-state index in [4.69, 9.17) is 4.42 Å². The average Bonchev–Trinajstić information content (AvgIpc) is 3.28. The number of nitriles is 1. The van der Waals surface area contributed by atoms with Crippen molar-refractivity contribution in [3.05, 3.63) is 71.0 Å². The lowest BCUT2D eigenvalue weighted by Crippen LogP contribution is -2.44. The molecule has 0 amide bonds. The SMILES string of the molecule is CN/C=C(S)\C(=C(/C)C#N)c1ccc(-c2ccc3cc(N4CCN(C)CC4)ccc3c2)o1. The minimum absolute atomic E-state index is 0.553. The van der Waals surface area contributed by atoms with Gasteiger partial charge < -0.3 is 19.5 Å². The highest BCUT2D eigenvalue weighted by atomic mass is 32.1. The predicted octanol–water partition coefficient (Wildman–Crippen LogP) is 5.14. The number of allylic oxidation sites excluding steroid dienone is 2.